The summed E-state index contributed by atoms with van der Waals surface area (Å²) in [5.74, 6) is -2.00. The number of rotatable bonds is 3. The molecule has 0 aromatic carbocycles. The molecule has 0 aromatic rings. The lowest BCUT2D eigenvalue weighted by atomic mass is 10.3. The van der Waals surface area contributed by atoms with E-state index in [4.69, 9.17) is 14.9 Å². The Morgan fingerprint density at radius 2 is 2.15 bits per heavy atom. The Morgan fingerprint density at radius 3 is 2.62 bits per heavy atom. The summed E-state index contributed by atoms with van der Waals surface area (Å²) in [7, 11) is 0. The Kier molecular flexibility index (Phi) is 3.02. The van der Waals surface area contributed by atoms with Crippen molar-refractivity contribution in [2.75, 3.05) is 0 Å². The molecule has 5 heteroatoms. The normalized spacial score (nSPS) is 25.9. The fourth-order valence-electron chi connectivity index (χ4n) is 1.07. The van der Waals surface area contributed by atoms with Crippen LogP contribution in [-0.4, -0.2) is 34.4 Å². The molecule has 1 aliphatic carbocycles. The van der Waals surface area contributed by atoms with Crippen molar-refractivity contribution in [1.29, 1.82) is 0 Å². The van der Waals surface area contributed by atoms with Crippen LogP contribution >= 0.6 is 0 Å². The first-order valence-electron chi connectivity index (χ1n) is 3.85. The van der Waals surface area contributed by atoms with Gasteiger partial charge in [0.15, 0.2) is 0 Å². The third-order valence-corrected chi connectivity index (χ3v) is 1.60. The second-order valence-corrected chi connectivity index (χ2v) is 2.79. The molecular weight excluding hydrogens is 176 g/mol. The minimum absolute atomic E-state index is 0.311. The summed E-state index contributed by atoms with van der Waals surface area (Å²) in [6, 6.07) is 0. The molecule has 13 heavy (non-hydrogen) atoms. The van der Waals surface area contributed by atoms with Gasteiger partial charge in [0, 0.05) is 6.42 Å². The number of carbonyl (C=O) groups excluding carboxylic acids is 1. The smallest absolute Gasteiger partial charge is 0.317 e. The van der Waals surface area contributed by atoms with Crippen LogP contribution in [0.2, 0.25) is 0 Å². The summed E-state index contributed by atoms with van der Waals surface area (Å²) in [6.07, 6.45) is 1.65. The molecule has 0 unspecified atom stereocenters. The Hall–Kier alpha value is -1.36. The molecule has 1 rings (SSSR count). The van der Waals surface area contributed by atoms with Crippen LogP contribution in [0, 0.1) is 0 Å². The molecule has 0 amide bonds. The van der Waals surface area contributed by atoms with E-state index in [0.717, 1.165) is 0 Å². The highest BCUT2D eigenvalue weighted by molar-refractivity contribution is 5.90. The lowest BCUT2D eigenvalue weighted by Crippen LogP contribution is -2.18. The van der Waals surface area contributed by atoms with Gasteiger partial charge in [0.25, 0.3) is 0 Å². The molecule has 2 atom stereocenters. The van der Waals surface area contributed by atoms with Gasteiger partial charge in [-0.2, -0.15) is 0 Å². The minimum Gasteiger partial charge on any atom is -0.481 e. The molecular formula is C8H10O5. The van der Waals surface area contributed by atoms with Crippen LogP contribution in [0.3, 0.4) is 0 Å². The van der Waals surface area contributed by atoms with E-state index in [-0.39, 0.29) is 0 Å². The average Bonchev–Trinajstić information content (AvgIpc) is 2.33. The standard InChI is InChI=1S/C8H10O5/c9-5-1-2-6(3-5)13-8(12)4-7(10)11/h1-2,5-6,9H,3-4H2,(H,10,11)/t5-,6+/m1/s1. The lowest BCUT2D eigenvalue weighted by molar-refractivity contribution is -0.153. The zero-order valence-corrected chi connectivity index (χ0v) is 6.84. The molecule has 0 saturated carbocycles. The maximum absolute atomic E-state index is 10.8. The minimum atomic E-state index is -1.22. The summed E-state index contributed by atoms with van der Waals surface area (Å²) in [4.78, 5) is 20.9. The molecule has 0 aliphatic heterocycles. The molecule has 0 radical (unpaired) electrons. The van der Waals surface area contributed by atoms with Crippen LogP contribution in [0.5, 0.6) is 0 Å². The number of esters is 1. The summed E-state index contributed by atoms with van der Waals surface area (Å²) >= 11 is 0. The summed E-state index contributed by atoms with van der Waals surface area (Å²) in [5.41, 5.74) is 0. The number of carboxylic acids is 1. The average molecular weight is 186 g/mol. The van der Waals surface area contributed by atoms with Gasteiger partial charge in [-0.3, -0.25) is 9.59 Å². The van der Waals surface area contributed by atoms with E-state index < -0.39 is 30.6 Å². The van der Waals surface area contributed by atoms with E-state index in [1.807, 2.05) is 0 Å². The number of aliphatic hydroxyl groups is 1. The largest absolute Gasteiger partial charge is 0.481 e. The summed E-state index contributed by atoms with van der Waals surface area (Å²) in [5, 5.41) is 17.2. The van der Waals surface area contributed by atoms with Gasteiger partial charge >= 0.3 is 11.9 Å². The topological polar surface area (TPSA) is 83.8 Å². The van der Waals surface area contributed by atoms with Gasteiger partial charge < -0.3 is 14.9 Å². The Labute approximate surface area is 74.6 Å². The molecule has 0 fully saturated rings. The van der Waals surface area contributed by atoms with Gasteiger partial charge in [-0.05, 0) is 6.08 Å². The summed E-state index contributed by atoms with van der Waals surface area (Å²) < 4.78 is 4.73. The molecule has 0 spiro atoms. The van der Waals surface area contributed by atoms with Crippen molar-refractivity contribution in [2.45, 2.75) is 25.0 Å². The number of carboxylic acid groups (broad SMARTS) is 1. The molecule has 0 heterocycles. The number of carbonyl (C=O) groups is 2. The Bertz CT molecular complexity index is 245. The Balaban J connectivity index is 2.29. The predicted octanol–water partition coefficient (Wildman–Crippen LogP) is -0.306. The molecule has 0 saturated heterocycles. The molecule has 0 aromatic heterocycles. The van der Waals surface area contributed by atoms with Crippen LogP contribution in [0.1, 0.15) is 12.8 Å². The van der Waals surface area contributed by atoms with E-state index in [9.17, 15) is 9.59 Å². The lowest BCUT2D eigenvalue weighted by Gasteiger charge is -2.09. The first-order chi connectivity index (χ1) is 6.08. The fraction of sp³-hybridized carbons (Fsp3) is 0.500. The van der Waals surface area contributed by atoms with Gasteiger partial charge in [0.1, 0.15) is 12.5 Å². The van der Waals surface area contributed by atoms with Crippen molar-refractivity contribution in [3.05, 3.63) is 12.2 Å². The predicted molar refractivity (Wildman–Crippen MR) is 41.9 cm³/mol. The van der Waals surface area contributed by atoms with Crippen molar-refractivity contribution >= 4 is 11.9 Å². The van der Waals surface area contributed by atoms with Crippen molar-refractivity contribution in [3.63, 3.8) is 0 Å². The van der Waals surface area contributed by atoms with Gasteiger partial charge in [0.05, 0.1) is 6.10 Å². The number of aliphatic carboxylic acids is 1. The number of hydrogen-bond donors (Lipinski definition) is 2. The molecule has 1 aliphatic rings. The second-order valence-electron chi connectivity index (χ2n) is 2.79. The first kappa shape index (κ1) is 9.73. The van der Waals surface area contributed by atoms with E-state index in [0.29, 0.717) is 6.42 Å². The van der Waals surface area contributed by atoms with Crippen molar-refractivity contribution in [2.24, 2.45) is 0 Å². The fourth-order valence-corrected chi connectivity index (χ4v) is 1.07. The Morgan fingerprint density at radius 1 is 1.46 bits per heavy atom. The highest BCUT2D eigenvalue weighted by Gasteiger charge is 2.21. The zero-order valence-electron chi connectivity index (χ0n) is 6.84. The molecule has 72 valence electrons. The van der Waals surface area contributed by atoms with E-state index in [1.165, 1.54) is 6.08 Å². The van der Waals surface area contributed by atoms with E-state index >= 15 is 0 Å². The van der Waals surface area contributed by atoms with Crippen LogP contribution in [0.15, 0.2) is 12.2 Å². The quantitative estimate of drug-likeness (QED) is 0.359. The molecule has 2 N–H and O–H groups in total. The van der Waals surface area contributed by atoms with Gasteiger partial charge in [-0.1, -0.05) is 6.08 Å². The third kappa shape index (κ3) is 3.25. The maximum atomic E-state index is 10.8. The number of ether oxygens (including phenoxy) is 1. The van der Waals surface area contributed by atoms with Crippen molar-refractivity contribution in [3.8, 4) is 0 Å². The zero-order chi connectivity index (χ0) is 9.84. The van der Waals surface area contributed by atoms with Crippen LogP contribution < -0.4 is 0 Å². The van der Waals surface area contributed by atoms with Crippen molar-refractivity contribution < 1.29 is 24.5 Å². The van der Waals surface area contributed by atoms with Crippen molar-refractivity contribution in [1.82, 2.24) is 0 Å². The van der Waals surface area contributed by atoms with Crippen LogP contribution in [-0.2, 0) is 14.3 Å². The second kappa shape index (κ2) is 4.04. The highest BCUT2D eigenvalue weighted by Crippen LogP contribution is 2.14. The first-order valence-corrected chi connectivity index (χ1v) is 3.85. The van der Waals surface area contributed by atoms with E-state index in [1.54, 1.807) is 6.08 Å². The maximum Gasteiger partial charge on any atom is 0.317 e. The SMILES string of the molecule is O=C(O)CC(=O)O[C@H]1C=C[C@@H](O)C1. The van der Waals surface area contributed by atoms with E-state index in [2.05, 4.69) is 0 Å². The van der Waals surface area contributed by atoms with Crippen LogP contribution in [0.4, 0.5) is 0 Å². The summed E-state index contributed by atoms with van der Waals surface area (Å²) in [6.45, 7) is 0. The van der Waals surface area contributed by atoms with Gasteiger partial charge in [-0.25, -0.2) is 0 Å². The number of aliphatic hydroxyl groups excluding tert-OH is 1. The van der Waals surface area contributed by atoms with Gasteiger partial charge in [-0.15, -0.1) is 0 Å². The number of hydrogen-bond acceptors (Lipinski definition) is 4. The molecule has 0 bridgehead atoms. The van der Waals surface area contributed by atoms with Crippen LogP contribution in [0.25, 0.3) is 0 Å². The van der Waals surface area contributed by atoms with Gasteiger partial charge in [0.2, 0.25) is 0 Å². The monoisotopic (exact) mass is 186 g/mol. The third-order valence-electron chi connectivity index (χ3n) is 1.60. The molecule has 5 nitrogen and oxygen atoms in total. The highest BCUT2D eigenvalue weighted by atomic mass is 16.5.